The number of unbranched alkanes of at least 4 members (excludes halogenated alkanes) is 19. The van der Waals surface area contributed by atoms with Gasteiger partial charge in [-0.15, -0.1) is 0 Å². The van der Waals surface area contributed by atoms with Gasteiger partial charge in [0.1, 0.15) is 13.2 Å². The van der Waals surface area contributed by atoms with Gasteiger partial charge in [0.25, 0.3) is 0 Å². The molecule has 0 aliphatic carbocycles. The molecule has 0 aliphatic rings. The Hall–Kier alpha value is -4.97. The number of rotatable bonds is 56. The average Bonchev–Trinajstić information content (AvgIpc) is 3.45. The van der Waals surface area contributed by atoms with E-state index < -0.39 is 6.10 Å². The minimum atomic E-state index is -0.801. The Morgan fingerprint density at radius 3 is 0.785 bits per heavy atom. The lowest BCUT2D eigenvalue weighted by atomic mass is 10.1. The summed E-state index contributed by atoms with van der Waals surface area (Å²) in [5.41, 5.74) is 0. The minimum absolute atomic E-state index is 0.0966. The van der Waals surface area contributed by atoms with Gasteiger partial charge in [0, 0.05) is 19.3 Å². The molecule has 0 aromatic rings. The highest BCUT2D eigenvalue weighted by atomic mass is 16.6. The third kappa shape index (κ3) is 63.7. The Morgan fingerprint density at radius 2 is 0.494 bits per heavy atom. The fraction of sp³-hybridized carbons (Fsp3) is 0.603. The van der Waals surface area contributed by atoms with Gasteiger partial charge in [0.15, 0.2) is 6.10 Å². The van der Waals surface area contributed by atoms with Crippen LogP contribution in [0.15, 0.2) is 158 Å². The lowest BCUT2D eigenvalue weighted by Gasteiger charge is -2.18. The smallest absolute Gasteiger partial charge is 0.306 e. The van der Waals surface area contributed by atoms with Gasteiger partial charge < -0.3 is 14.2 Å². The maximum absolute atomic E-state index is 12.8. The first kappa shape index (κ1) is 74.0. The molecule has 0 spiro atoms. The summed E-state index contributed by atoms with van der Waals surface area (Å²) < 4.78 is 16.8. The van der Waals surface area contributed by atoms with Crippen molar-refractivity contribution in [2.75, 3.05) is 13.2 Å². The van der Waals surface area contributed by atoms with Gasteiger partial charge in [-0.3, -0.25) is 14.4 Å². The summed E-state index contributed by atoms with van der Waals surface area (Å²) in [5, 5.41) is 0. The highest BCUT2D eigenvalue weighted by Crippen LogP contribution is 2.14. The van der Waals surface area contributed by atoms with Gasteiger partial charge in [0.05, 0.1) is 0 Å². The van der Waals surface area contributed by atoms with E-state index in [9.17, 15) is 14.4 Å². The molecule has 1 atom stereocenters. The van der Waals surface area contributed by atoms with Crippen LogP contribution in [-0.2, 0) is 28.6 Å². The Balaban J connectivity index is 4.17. The summed E-state index contributed by atoms with van der Waals surface area (Å²) in [7, 11) is 0. The molecule has 0 bridgehead atoms. The first-order valence-electron chi connectivity index (χ1n) is 32.0. The second-order valence-electron chi connectivity index (χ2n) is 20.6. The van der Waals surface area contributed by atoms with Crippen molar-refractivity contribution in [3.63, 3.8) is 0 Å². The average molecular weight is 1090 g/mol. The van der Waals surface area contributed by atoms with E-state index in [4.69, 9.17) is 14.2 Å². The van der Waals surface area contributed by atoms with E-state index in [0.717, 1.165) is 154 Å². The van der Waals surface area contributed by atoms with Crippen LogP contribution in [0.25, 0.3) is 0 Å². The molecule has 0 radical (unpaired) electrons. The molecule has 0 N–H and O–H groups in total. The van der Waals surface area contributed by atoms with Crippen LogP contribution in [-0.4, -0.2) is 37.2 Å². The molecule has 444 valence electrons. The van der Waals surface area contributed by atoms with Crippen molar-refractivity contribution in [2.24, 2.45) is 0 Å². The lowest BCUT2D eigenvalue weighted by molar-refractivity contribution is -0.167. The molecule has 0 fully saturated rings. The SMILES string of the molecule is CC/C=C\C/C=C\C/C=C\C/C=C\C/C=C\C/C=C\C/C=C\C/C=C\CCCCCCCCCCCCC(=O)OCC(COC(=O)CCCCCCCCC)OC(=O)CCCCC/C=C\C/C=C\C/C=C\C/C=C\C/C=C\CC. The molecular formula is C73H116O6. The van der Waals surface area contributed by atoms with Crippen molar-refractivity contribution in [3.05, 3.63) is 158 Å². The Bertz CT molecular complexity index is 1780. The van der Waals surface area contributed by atoms with Gasteiger partial charge in [-0.25, -0.2) is 0 Å². The second-order valence-corrected chi connectivity index (χ2v) is 20.6. The van der Waals surface area contributed by atoms with Crippen molar-refractivity contribution < 1.29 is 28.6 Å². The number of hydrogen-bond acceptors (Lipinski definition) is 6. The molecule has 6 heteroatoms. The summed E-state index contributed by atoms with van der Waals surface area (Å²) >= 11 is 0. The molecule has 0 rings (SSSR count). The van der Waals surface area contributed by atoms with Crippen LogP contribution in [0.5, 0.6) is 0 Å². The molecule has 0 saturated carbocycles. The van der Waals surface area contributed by atoms with Crippen LogP contribution in [0.3, 0.4) is 0 Å². The molecule has 6 nitrogen and oxygen atoms in total. The summed E-state index contributed by atoms with van der Waals surface area (Å²) in [5.74, 6) is -0.944. The number of ether oxygens (including phenoxy) is 3. The van der Waals surface area contributed by atoms with Crippen molar-refractivity contribution in [3.8, 4) is 0 Å². The first-order valence-corrected chi connectivity index (χ1v) is 32.0. The molecule has 79 heavy (non-hydrogen) atoms. The van der Waals surface area contributed by atoms with E-state index in [0.29, 0.717) is 12.8 Å². The number of hydrogen-bond donors (Lipinski definition) is 0. The van der Waals surface area contributed by atoms with Gasteiger partial charge in [0.2, 0.25) is 0 Å². The molecule has 0 aromatic heterocycles. The normalized spacial score (nSPS) is 13.2. The molecule has 0 heterocycles. The van der Waals surface area contributed by atoms with Crippen molar-refractivity contribution >= 4 is 17.9 Å². The summed E-state index contributed by atoms with van der Waals surface area (Å²) in [6.45, 7) is 6.33. The van der Waals surface area contributed by atoms with Crippen molar-refractivity contribution in [2.45, 2.75) is 271 Å². The predicted molar refractivity (Wildman–Crippen MR) is 343 cm³/mol. The van der Waals surface area contributed by atoms with E-state index in [1.54, 1.807) is 0 Å². The molecule has 0 saturated heterocycles. The maximum atomic E-state index is 12.8. The van der Waals surface area contributed by atoms with Crippen LogP contribution in [0.4, 0.5) is 0 Å². The lowest BCUT2D eigenvalue weighted by Crippen LogP contribution is -2.30. The molecule has 0 aliphatic heterocycles. The van der Waals surface area contributed by atoms with Gasteiger partial charge in [-0.2, -0.15) is 0 Å². The zero-order valence-electron chi connectivity index (χ0n) is 50.8. The van der Waals surface area contributed by atoms with Crippen LogP contribution in [0.1, 0.15) is 265 Å². The highest BCUT2D eigenvalue weighted by Gasteiger charge is 2.19. The summed E-state index contributed by atoms with van der Waals surface area (Å²) in [4.78, 5) is 38.0. The van der Waals surface area contributed by atoms with Crippen LogP contribution >= 0.6 is 0 Å². The zero-order chi connectivity index (χ0) is 57.1. The standard InChI is InChI=1S/C73H116O6/c1-4-7-10-13-16-18-20-22-24-26-28-29-30-31-32-33-34-35-36-37-38-39-40-41-42-43-45-46-48-50-52-54-57-60-63-66-72(75)78-69-70(68-77-71(74)65-62-59-56-15-12-9-6-3)79-73(76)67-64-61-58-55-53-51-49-47-44-27-25-23-21-19-17-14-11-8-5-2/h7-8,10-11,16-19,22-25,28-29,31-32,34-35,37-38,40-41,44,47,51,53,70H,4-6,9,12-15,20-21,26-27,30,33,36,39,42-43,45-46,48-50,52,54-69H2,1-3H3/b10-7-,11-8-,18-16-,19-17-,24-22-,25-23-,29-28-,32-31-,35-34-,38-37-,41-40-,47-44-,53-51-. The quantitative estimate of drug-likeness (QED) is 0.0261. The molecule has 0 amide bonds. The Morgan fingerprint density at radius 1 is 0.266 bits per heavy atom. The third-order valence-electron chi connectivity index (χ3n) is 13.0. The number of esters is 3. The topological polar surface area (TPSA) is 78.9 Å². The minimum Gasteiger partial charge on any atom is -0.462 e. The predicted octanol–water partition coefficient (Wildman–Crippen LogP) is 22.1. The molecular weight excluding hydrogens is 973 g/mol. The monoisotopic (exact) mass is 1090 g/mol. The van der Waals surface area contributed by atoms with Crippen LogP contribution < -0.4 is 0 Å². The number of allylic oxidation sites excluding steroid dienone is 26. The van der Waals surface area contributed by atoms with Crippen LogP contribution in [0.2, 0.25) is 0 Å². The van der Waals surface area contributed by atoms with E-state index in [-0.39, 0.29) is 37.5 Å². The van der Waals surface area contributed by atoms with Gasteiger partial charge in [-0.1, -0.05) is 275 Å². The molecule has 1 unspecified atom stereocenters. The second kappa shape index (κ2) is 65.5. The van der Waals surface area contributed by atoms with Gasteiger partial charge in [-0.05, 0) is 128 Å². The largest absolute Gasteiger partial charge is 0.462 e. The Kier molecular flexibility index (Phi) is 61.4. The number of carbonyl (C=O) groups excluding carboxylic acids is 3. The van der Waals surface area contributed by atoms with Crippen molar-refractivity contribution in [1.29, 1.82) is 0 Å². The van der Waals surface area contributed by atoms with E-state index >= 15 is 0 Å². The van der Waals surface area contributed by atoms with E-state index in [1.807, 2.05) is 0 Å². The summed E-state index contributed by atoms with van der Waals surface area (Å²) in [6, 6.07) is 0. The Labute approximate surface area is 486 Å². The van der Waals surface area contributed by atoms with Crippen LogP contribution in [0, 0.1) is 0 Å². The highest BCUT2D eigenvalue weighted by molar-refractivity contribution is 5.71. The van der Waals surface area contributed by atoms with E-state index in [2.05, 4.69) is 179 Å². The summed E-state index contributed by atoms with van der Waals surface area (Å²) in [6.07, 6.45) is 95.6. The molecule has 0 aromatic carbocycles. The van der Waals surface area contributed by atoms with Crippen molar-refractivity contribution in [1.82, 2.24) is 0 Å². The zero-order valence-corrected chi connectivity index (χ0v) is 50.8. The van der Waals surface area contributed by atoms with Gasteiger partial charge >= 0.3 is 17.9 Å². The number of carbonyl (C=O) groups is 3. The third-order valence-corrected chi connectivity index (χ3v) is 13.0. The van der Waals surface area contributed by atoms with E-state index in [1.165, 1.54) is 70.6 Å². The maximum Gasteiger partial charge on any atom is 0.306 e. The fourth-order valence-corrected chi connectivity index (χ4v) is 8.31. The fourth-order valence-electron chi connectivity index (χ4n) is 8.31. The first-order chi connectivity index (χ1) is 39.0.